The number of anilines is 1. The fraction of sp³-hybridized carbons (Fsp3) is 0.688. The molecule has 1 atom stereocenters. The predicted octanol–water partition coefficient (Wildman–Crippen LogP) is 2.76. The van der Waals surface area contributed by atoms with E-state index in [9.17, 15) is 0 Å². The van der Waals surface area contributed by atoms with Crippen LogP contribution in [0.1, 0.15) is 45.7 Å². The van der Waals surface area contributed by atoms with Crippen molar-refractivity contribution in [3.05, 3.63) is 23.9 Å². The molecule has 0 aromatic carbocycles. The first-order valence-corrected chi connectivity index (χ1v) is 7.60. The molecule has 1 N–H and O–H groups in total. The van der Waals surface area contributed by atoms with Crippen LogP contribution in [0.4, 0.5) is 5.82 Å². The molecule has 1 aliphatic heterocycles. The molecule has 0 bridgehead atoms. The van der Waals surface area contributed by atoms with E-state index < -0.39 is 0 Å². The van der Waals surface area contributed by atoms with Gasteiger partial charge in [0.15, 0.2) is 0 Å². The van der Waals surface area contributed by atoms with Gasteiger partial charge in [0, 0.05) is 24.3 Å². The quantitative estimate of drug-likeness (QED) is 0.898. The second-order valence-corrected chi connectivity index (χ2v) is 6.11. The largest absolute Gasteiger partial charge is 0.377 e. The number of morpholine rings is 1. The Kier molecular flexibility index (Phi) is 5.00. The molecular weight excluding hydrogens is 250 g/mol. The maximum atomic E-state index is 5.62. The predicted molar refractivity (Wildman–Crippen MR) is 83.2 cm³/mol. The zero-order valence-electron chi connectivity index (χ0n) is 13.1. The minimum absolute atomic E-state index is 0.00811. The SMILES string of the molecule is CCCNC(C)c1cccnc1N1CCOCC1(C)C. The van der Waals surface area contributed by atoms with E-state index in [1.165, 1.54) is 5.56 Å². The Bertz CT molecular complexity index is 433. The minimum Gasteiger partial charge on any atom is -0.377 e. The topological polar surface area (TPSA) is 37.4 Å². The van der Waals surface area contributed by atoms with Crippen molar-refractivity contribution in [2.75, 3.05) is 31.2 Å². The number of nitrogens with zero attached hydrogens (tertiary/aromatic N) is 2. The standard InChI is InChI=1S/C16H27N3O/c1-5-8-17-13(2)14-7-6-9-18-15(14)19-10-11-20-12-16(19,3)4/h6-7,9,13,17H,5,8,10-12H2,1-4H3. The molecule has 112 valence electrons. The third-order valence-corrected chi connectivity index (χ3v) is 3.88. The molecular formula is C16H27N3O. The van der Waals surface area contributed by atoms with Gasteiger partial charge in [0.25, 0.3) is 0 Å². The third kappa shape index (κ3) is 3.30. The van der Waals surface area contributed by atoms with Crippen molar-refractivity contribution in [3.63, 3.8) is 0 Å². The molecule has 20 heavy (non-hydrogen) atoms. The summed E-state index contributed by atoms with van der Waals surface area (Å²) in [6, 6.07) is 4.52. The molecule has 1 aliphatic rings. The number of pyridine rings is 1. The molecule has 1 unspecified atom stereocenters. The molecule has 0 radical (unpaired) electrons. The summed E-state index contributed by atoms with van der Waals surface area (Å²) >= 11 is 0. The fourth-order valence-electron chi connectivity index (χ4n) is 2.69. The number of hydrogen-bond donors (Lipinski definition) is 1. The summed E-state index contributed by atoms with van der Waals surface area (Å²) in [6.07, 6.45) is 3.03. The first kappa shape index (κ1) is 15.3. The van der Waals surface area contributed by atoms with Crippen molar-refractivity contribution in [3.8, 4) is 0 Å². The van der Waals surface area contributed by atoms with E-state index >= 15 is 0 Å². The zero-order chi connectivity index (χ0) is 14.6. The van der Waals surface area contributed by atoms with Crippen LogP contribution in [0.5, 0.6) is 0 Å². The second-order valence-electron chi connectivity index (χ2n) is 6.11. The van der Waals surface area contributed by atoms with Crippen LogP contribution in [0.3, 0.4) is 0 Å². The summed E-state index contributed by atoms with van der Waals surface area (Å²) in [5.74, 6) is 1.09. The highest BCUT2D eigenvalue weighted by molar-refractivity contribution is 5.51. The summed E-state index contributed by atoms with van der Waals surface area (Å²) in [4.78, 5) is 7.04. The van der Waals surface area contributed by atoms with Crippen molar-refractivity contribution in [2.24, 2.45) is 0 Å². The van der Waals surface area contributed by atoms with Gasteiger partial charge in [-0.05, 0) is 39.8 Å². The average Bonchev–Trinajstić information content (AvgIpc) is 2.44. The fourth-order valence-corrected chi connectivity index (χ4v) is 2.69. The molecule has 0 saturated carbocycles. The van der Waals surface area contributed by atoms with Crippen LogP contribution >= 0.6 is 0 Å². The van der Waals surface area contributed by atoms with E-state index in [0.29, 0.717) is 6.04 Å². The molecule has 1 fully saturated rings. The van der Waals surface area contributed by atoms with Gasteiger partial charge in [-0.15, -0.1) is 0 Å². The molecule has 1 aromatic heterocycles. The van der Waals surface area contributed by atoms with Crippen LogP contribution in [0, 0.1) is 0 Å². The van der Waals surface area contributed by atoms with Gasteiger partial charge in [0.05, 0.1) is 18.8 Å². The second kappa shape index (κ2) is 6.55. The minimum atomic E-state index is -0.00811. The zero-order valence-corrected chi connectivity index (χ0v) is 13.1. The number of hydrogen-bond acceptors (Lipinski definition) is 4. The molecule has 1 saturated heterocycles. The van der Waals surface area contributed by atoms with E-state index in [1.807, 2.05) is 12.3 Å². The van der Waals surface area contributed by atoms with E-state index in [2.05, 4.69) is 49.0 Å². The number of ether oxygens (including phenoxy) is 1. The van der Waals surface area contributed by atoms with E-state index in [1.54, 1.807) is 0 Å². The molecule has 4 heteroatoms. The Morgan fingerprint density at radius 2 is 2.30 bits per heavy atom. The Balaban J connectivity index is 2.27. The summed E-state index contributed by atoms with van der Waals surface area (Å²) in [5, 5.41) is 3.56. The Hall–Kier alpha value is -1.13. The van der Waals surface area contributed by atoms with Crippen molar-refractivity contribution in [1.82, 2.24) is 10.3 Å². The lowest BCUT2D eigenvalue weighted by atomic mass is 10.00. The first-order chi connectivity index (χ1) is 9.56. The van der Waals surface area contributed by atoms with Crippen molar-refractivity contribution >= 4 is 5.82 Å². The highest BCUT2D eigenvalue weighted by Crippen LogP contribution is 2.30. The van der Waals surface area contributed by atoms with Crippen LogP contribution in [-0.4, -0.2) is 36.8 Å². The van der Waals surface area contributed by atoms with E-state index in [-0.39, 0.29) is 5.54 Å². The lowest BCUT2D eigenvalue weighted by Crippen LogP contribution is -2.54. The van der Waals surface area contributed by atoms with Gasteiger partial charge < -0.3 is 15.0 Å². The van der Waals surface area contributed by atoms with E-state index in [0.717, 1.165) is 38.5 Å². The van der Waals surface area contributed by atoms with Crippen molar-refractivity contribution in [1.29, 1.82) is 0 Å². The van der Waals surface area contributed by atoms with Crippen LogP contribution in [-0.2, 0) is 4.74 Å². The van der Waals surface area contributed by atoms with E-state index in [4.69, 9.17) is 4.74 Å². The van der Waals surface area contributed by atoms with Crippen LogP contribution in [0.15, 0.2) is 18.3 Å². The van der Waals surface area contributed by atoms with Gasteiger partial charge >= 0.3 is 0 Å². The normalized spacial score (nSPS) is 19.9. The van der Waals surface area contributed by atoms with Gasteiger partial charge in [0.1, 0.15) is 5.82 Å². The molecule has 0 amide bonds. The highest BCUT2D eigenvalue weighted by Gasteiger charge is 2.33. The third-order valence-electron chi connectivity index (χ3n) is 3.88. The maximum absolute atomic E-state index is 5.62. The smallest absolute Gasteiger partial charge is 0.133 e. The molecule has 2 rings (SSSR count). The molecule has 4 nitrogen and oxygen atoms in total. The lowest BCUT2D eigenvalue weighted by Gasteiger charge is -2.44. The van der Waals surface area contributed by atoms with Gasteiger partial charge in [-0.1, -0.05) is 13.0 Å². The van der Waals surface area contributed by atoms with Gasteiger partial charge in [0.2, 0.25) is 0 Å². The highest BCUT2D eigenvalue weighted by atomic mass is 16.5. The van der Waals surface area contributed by atoms with Crippen molar-refractivity contribution in [2.45, 2.75) is 45.7 Å². The van der Waals surface area contributed by atoms with Crippen LogP contribution in [0.2, 0.25) is 0 Å². The Labute approximate surface area is 122 Å². The van der Waals surface area contributed by atoms with Crippen molar-refractivity contribution < 1.29 is 4.74 Å². The maximum Gasteiger partial charge on any atom is 0.133 e. The van der Waals surface area contributed by atoms with Crippen LogP contribution in [0.25, 0.3) is 0 Å². The Morgan fingerprint density at radius 1 is 1.50 bits per heavy atom. The first-order valence-electron chi connectivity index (χ1n) is 7.60. The van der Waals surface area contributed by atoms with Gasteiger partial charge in [-0.25, -0.2) is 4.98 Å². The van der Waals surface area contributed by atoms with Gasteiger partial charge in [-0.3, -0.25) is 0 Å². The molecule has 2 heterocycles. The summed E-state index contributed by atoms with van der Waals surface area (Å²) in [5.41, 5.74) is 1.27. The summed E-state index contributed by atoms with van der Waals surface area (Å²) < 4.78 is 5.62. The van der Waals surface area contributed by atoms with Crippen LogP contribution < -0.4 is 10.2 Å². The lowest BCUT2D eigenvalue weighted by molar-refractivity contribution is 0.0637. The number of rotatable bonds is 5. The molecule has 1 aromatic rings. The summed E-state index contributed by atoms with van der Waals surface area (Å²) in [7, 11) is 0. The monoisotopic (exact) mass is 277 g/mol. The number of aromatic nitrogens is 1. The molecule has 0 spiro atoms. The molecule has 0 aliphatic carbocycles. The average molecular weight is 277 g/mol. The van der Waals surface area contributed by atoms with Gasteiger partial charge in [-0.2, -0.15) is 0 Å². The number of nitrogens with one attached hydrogen (secondary N) is 1. The summed E-state index contributed by atoms with van der Waals surface area (Å²) in [6.45, 7) is 12.3. The Morgan fingerprint density at radius 3 is 3.00 bits per heavy atom.